The van der Waals surface area contributed by atoms with E-state index >= 15 is 0 Å². The molecular weight excluding hydrogens is 276 g/mol. The molecule has 0 aliphatic carbocycles. The molecule has 2 rings (SSSR count). The van der Waals surface area contributed by atoms with Gasteiger partial charge in [-0.3, -0.25) is 4.79 Å². The molecule has 0 aliphatic rings. The molecule has 1 heterocycles. The maximum absolute atomic E-state index is 11.9. The average Bonchev–Trinajstić information content (AvgIpc) is 2.54. The van der Waals surface area contributed by atoms with E-state index in [4.69, 9.17) is 0 Å². The number of hydrogen-bond acceptors (Lipinski definition) is 4. The Morgan fingerprint density at radius 3 is 2.50 bits per heavy atom. The fraction of sp³-hybridized carbons (Fsp3) is 0.353. The molecule has 116 valence electrons. The van der Waals surface area contributed by atoms with Gasteiger partial charge in [0.25, 0.3) is 5.91 Å². The van der Waals surface area contributed by atoms with Gasteiger partial charge in [0, 0.05) is 13.1 Å². The molecule has 0 unspecified atom stereocenters. The van der Waals surface area contributed by atoms with Gasteiger partial charge in [0.15, 0.2) is 5.69 Å². The van der Waals surface area contributed by atoms with Gasteiger partial charge in [-0.05, 0) is 30.0 Å². The largest absolute Gasteiger partial charge is 0.365 e. The van der Waals surface area contributed by atoms with E-state index in [9.17, 15) is 4.79 Å². The summed E-state index contributed by atoms with van der Waals surface area (Å²) in [6, 6.07) is 13.5. The first kappa shape index (κ1) is 15.9. The van der Waals surface area contributed by atoms with Crippen LogP contribution in [0.2, 0.25) is 0 Å². The Kier molecular flexibility index (Phi) is 5.89. The van der Waals surface area contributed by atoms with Crippen LogP contribution >= 0.6 is 0 Å². The number of carbonyl (C=O) groups excluding carboxylic acids is 1. The van der Waals surface area contributed by atoms with Crippen LogP contribution in [0.3, 0.4) is 0 Å². The maximum atomic E-state index is 11.9. The number of nitrogens with one attached hydrogen (secondary N) is 2. The van der Waals surface area contributed by atoms with Gasteiger partial charge in [-0.25, -0.2) is 0 Å². The van der Waals surface area contributed by atoms with E-state index in [0.29, 0.717) is 30.5 Å². The molecule has 1 aromatic heterocycles. The van der Waals surface area contributed by atoms with E-state index < -0.39 is 0 Å². The summed E-state index contributed by atoms with van der Waals surface area (Å²) in [6.45, 7) is 5.58. The van der Waals surface area contributed by atoms with Crippen molar-refractivity contribution in [1.82, 2.24) is 15.5 Å². The minimum atomic E-state index is -0.178. The fourth-order valence-corrected chi connectivity index (χ4v) is 1.90. The SMILES string of the molecule is CC(C)CCNC(=O)c1ccc(NCc2ccccc2)nn1. The highest BCUT2D eigenvalue weighted by Crippen LogP contribution is 2.06. The van der Waals surface area contributed by atoms with Crippen LogP contribution in [0.15, 0.2) is 42.5 Å². The van der Waals surface area contributed by atoms with Crippen LogP contribution in [0, 0.1) is 5.92 Å². The Balaban J connectivity index is 1.83. The zero-order valence-corrected chi connectivity index (χ0v) is 13.0. The number of hydrogen-bond donors (Lipinski definition) is 2. The van der Waals surface area contributed by atoms with Crippen molar-refractivity contribution in [3.63, 3.8) is 0 Å². The minimum Gasteiger partial charge on any atom is -0.365 e. The molecule has 0 spiro atoms. The minimum absolute atomic E-state index is 0.178. The predicted molar refractivity (Wildman–Crippen MR) is 87.6 cm³/mol. The Bertz CT molecular complexity index is 581. The van der Waals surface area contributed by atoms with Crippen molar-refractivity contribution in [2.75, 3.05) is 11.9 Å². The lowest BCUT2D eigenvalue weighted by Gasteiger charge is -2.07. The molecule has 5 heteroatoms. The van der Waals surface area contributed by atoms with Gasteiger partial charge in [0.1, 0.15) is 5.82 Å². The number of carbonyl (C=O) groups is 1. The van der Waals surface area contributed by atoms with E-state index in [1.807, 2.05) is 30.3 Å². The van der Waals surface area contributed by atoms with E-state index in [1.165, 1.54) is 5.56 Å². The summed E-state index contributed by atoms with van der Waals surface area (Å²) >= 11 is 0. The van der Waals surface area contributed by atoms with Crippen LogP contribution in [0.4, 0.5) is 5.82 Å². The van der Waals surface area contributed by atoms with Gasteiger partial charge in [0.05, 0.1) is 0 Å². The summed E-state index contributed by atoms with van der Waals surface area (Å²) in [6.07, 6.45) is 0.954. The van der Waals surface area contributed by atoms with Gasteiger partial charge in [-0.1, -0.05) is 44.2 Å². The number of nitrogens with zero attached hydrogens (tertiary/aromatic N) is 2. The zero-order valence-electron chi connectivity index (χ0n) is 13.0. The first-order valence-electron chi connectivity index (χ1n) is 7.55. The summed E-state index contributed by atoms with van der Waals surface area (Å²) in [5.41, 5.74) is 1.51. The lowest BCUT2D eigenvalue weighted by atomic mass is 10.1. The molecule has 0 atom stereocenters. The monoisotopic (exact) mass is 298 g/mol. The lowest BCUT2D eigenvalue weighted by molar-refractivity contribution is 0.0946. The molecule has 0 fully saturated rings. The molecule has 0 bridgehead atoms. The fourth-order valence-electron chi connectivity index (χ4n) is 1.90. The predicted octanol–water partition coefficient (Wildman–Crippen LogP) is 2.86. The quantitative estimate of drug-likeness (QED) is 0.825. The molecule has 0 aliphatic heterocycles. The van der Waals surface area contributed by atoms with Gasteiger partial charge in [-0.2, -0.15) is 0 Å². The molecule has 0 saturated heterocycles. The highest BCUT2D eigenvalue weighted by molar-refractivity contribution is 5.92. The normalized spacial score (nSPS) is 10.5. The van der Waals surface area contributed by atoms with Crippen LogP contribution in [-0.4, -0.2) is 22.6 Å². The second-order valence-corrected chi connectivity index (χ2v) is 5.58. The van der Waals surface area contributed by atoms with Gasteiger partial charge in [0.2, 0.25) is 0 Å². The van der Waals surface area contributed by atoms with Gasteiger partial charge in [-0.15, -0.1) is 10.2 Å². The summed E-state index contributed by atoms with van der Waals surface area (Å²) in [7, 11) is 0. The van der Waals surface area contributed by atoms with E-state index in [2.05, 4.69) is 34.7 Å². The van der Waals surface area contributed by atoms with E-state index in [-0.39, 0.29) is 5.91 Å². The number of rotatable bonds is 7. The third-order valence-electron chi connectivity index (χ3n) is 3.22. The molecule has 5 nitrogen and oxygen atoms in total. The molecule has 1 aromatic carbocycles. The van der Waals surface area contributed by atoms with Crippen LogP contribution in [0.25, 0.3) is 0 Å². The molecule has 1 amide bonds. The highest BCUT2D eigenvalue weighted by atomic mass is 16.1. The first-order chi connectivity index (χ1) is 10.6. The zero-order chi connectivity index (χ0) is 15.8. The number of aromatic nitrogens is 2. The lowest BCUT2D eigenvalue weighted by Crippen LogP contribution is -2.26. The number of anilines is 1. The van der Waals surface area contributed by atoms with Crippen molar-refractivity contribution in [2.45, 2.75) is 26.8 Å². The molecular formula is C17H22N4O. The topological polar surface area (TPSA) is 66.9 Å². The molecule has 0 saturated carbocycles. The Morgan fingerprint density at radius 1 is 1.09 bits per heavy atom. The second-order valence-electron chi connectivity index (χ2n) is 5.58. The summed E-state index contributed by atoms with van der Waals surface area (Å²) < 4.78 is 0. The Morgan fingerprint density at radius 2 is 1.86 bits per heavy atom. The van der Waals surface area contributed by atoms with Crippen molar-refractivity contribution in [2.24, 2.45) is 5.92 Å². The van der Waals surface area contributed by atoms with E-state index in [0.717, 1.165) is 6.42 Å². The van der Waals surface area contributed by atoms with Crippen LogP contribution in [0.1, 0.15) is 36.3 Å². The molecule has 0 radical (unpaired) electrons. The molecule has 2 N–H and O–H groups in total. The van der Waals surface area contributed by atoms with E-state index in [1.54, 1.807) is 12.1 Å². The average molecular weight is 298 g/mol. The highest BCUT2D eigenvalue weighted by Gasteiger charge is 2.07. The Labute approximate surface area is 131 Å². The van der Waals surface area contributed by atoms with Gasteiger partial charge >= 0.3 is 0 Å². The van der Waals surface area contributed by atoms with Gasteiger partial charge < -0.3 is 10.6 Å². The van der Waals surface area contributed by atoms with Crippen molar-refractivity contribution < 1.29 is 4.79 Å². The molecule has 22 heavy (non-hydrogen) atoms. The smallest absolute Gasteiger partial charge is 0.271 e. The third kappa shape index (κ3) is 5.16. The maximum Gasteiger partial charge on any atom is 0.271 e. The van der Waals surface area contributed by atoms with Crippen LogP contribution in [-0.2, 0) is 6.54 Å². The van der Waals surface area contributed by atoms with Crippen LogP contribution in [0.5, 0.6) is 0 Å². The molecule has 2 aromatic rings. The summed E-state index contributed by atoms with van der Waals surface area (Å²) in [5, 5.41) is 14.0. The van der Waals surface area contributed by atoms with Crippen LogP contribution < -0.4 is 10.6 Å². The Hall–Kier alpha value is -2.43. The standard InChI is InChI=1S/C17H22N4O/c1-13(2)10-11-18-17(22)15-8-9-16(21-20-15)19-12-14-6-4-3-5-7-14/h3-9,13H,10-12H2,1-2H3,(H,18,22)(H,19,21). The number of benzene rings is 1. The number of amides is 1. The van der Waals surface area contributed by atoms with Crippen molar-refractivity contribution in [3.05, 3.63) is 53.7 Å². The van der Waals surface area contributed by atoms with Crippen molar-refractivity contribution in [1.29, 1.82) is 0 Å². The third-order valence-corrected chi connectivity index (χ3v) is 3.22. The summed E-state index contributed by atoms with van der Waals surface area (Å²) in [5.74, 6) is 1.04. The van der Waals surface area contributed by atoms with Crippen molar-refractivity contribution >= 4 is 11.7 Å². The summed E-state index contributed by atoms with van der Waals surface area (Å²) in [4.78, 5) is 11.9. The van der Waals surface area contributed by atoms with Crippen molar-refractivity contribution in [3.8, 4) is 0 Å². The first-order valence-corrected chi connectivity index (χ1v) is 7.55. The second kappa shape index (κ2) is 8.12.